The van der Waals surface area contributed by atoms with Crippen molar-refractivity contribution in [2.75, 3.05) is 19.6 Å². The second kappa shape index (κ2) is 3.66. The van der Waals surface area contributed by atoms with Crippen LogP contribution in [0.2, 0.25) is 0 Å². The number of carbonyl (C=O) groups excluding carboxylic acids is 1. The third-order valence-electron chi connectivity index (χ3n) is 3.02. The van der Waals surface area contributed by atoms with Gasteiger partial charge in [0.05, 0.1) is 5.92 Å². The molecule has 1 N–H and O–H groups in total. The fourth-order valence-electron chi connectivity index (χ4n) is 2.08. The molecular formula is C10H18N2O. The zero-order valence-electron chi connectivity index (χ0n) is 8.25. The molecule has 1 aliphatic carbocycles. The minimum Gasteiger partial charge on any atom is -0.340 e. The van der Waals surface area contributed by atoms with Crippen molar-refractivity contribution in [3.63, 3.8) is 0 Å². The van der Waals surface area contributed by atoms with Crippen LogP contribution in [0.4, 0.5) is 0 Å². The van der Waals surface area contributed by atoms with Gasteiger partial charge in [-0.15, -0.1) is 0 Å². The van der Waals surface area contributed by atoms with Crippen molar-refractivity contribution in [2.45, 2.75) is 32.2 Å². The number of hydrogen-bond donors (Lipinski definition) is 1. The summed E-state index contributed by atoms with van der Waals surface area (Å²) in [7, 11) is 0. The lowest BCUT2D eigenvalue weighted by atomic mass is 10.1. The zero-order valence-corrected chi connectivity index (χ0v) is 8.25. The summed E-state index contributed by atoms with van der Waals surface area (Å²) in [5.74, 6) is 0.649. The van der Waals surface area contributed by atoms with Gasteiger partial charge in [-0.1, -0.05) is 0 Å². The van der Waals surface area contributed by atoms with Crippen molar-refractivity contribution in [2.24, 2.45) is 5.92 Å². The summed E-state index contributed by atoms with van der Waals surface area (Å²) in [5, 5.41) is 3.24. The first-order chi connectivity index (χ1) is 6.33. The number of nitrogens with zero attached hydrogens (tertiary/aromatic N) is 1. The van der Waals surface area contributed by atoms with Crippen LogP contribution in [0.5, 0.6) is 0 Å². The molecule has 1 atom stereocenters. The van der Waals surface area contributed by atoms with E-state index in [4.69, 9.17) is 0 Å². The van der Waals surface area contributed by atoms with E-state index in [1.165, 1.54) is 12.8 Å². The van der Waals surface area contributed by atoms with E-state index >= 15 is 0 Å². The molecule has 2 rings (SSSR count). The van der Waals surface area contributed by atoms with E-state index in [9.17, 15) is 4.79 Å². The molecule has 1 aliphatic heterocycles. The summed E-state index contributed by atoms with van der Waals surface area (Å²) in [6, 6.07) is 0.582. The summed E-state index contributed by atoms with van der Waals surface area (Å²) in [4.78, 5) is 14.0. The zero-order chi connectivity index (χ0) is 9.26. The number of rotatable bonds is 3. The van der Waals surface area contributed by atoms with Crippen LogP contribution >= 0.6 is 0 Å². The van der Waals surface area contributed by atoms with Gasteiger partial charge in [-0.2, -0.15) is 0 Å². The molecule has 3 nitrogen and oxygen atoms in total. The highest BCUT2D eigenvalue weighted by Crippen LogP contribution is 2.28. The summed E-state index contributed by atoms with van der Waals surface area (Å²) in [6.07, 6.45) is 3.47. The normalized spacial score (nSPS) is 27.6. The second-order valence-corrected chi connectivity index (χ2v) is 4.05. The predicted molar refractivity (Wildman–Crippen MR) is 51.4 cm³/mol. The number of nitrogens with one attached hydrogen (secondary N) is 1. The average Bonchev–Trinajstić information content (AvgIpc) is 2.83. The Bertz CT molecular complexity index is 195. The van der Waals surface area contributed by atoms with Gasteiger partial charge in [-0.3, -0.25) is 4.79 Å². The molecule has 1 saturated carbocycles. The van der Waals surface area contributed by atoms with Gasteiger partial charge in [-0.05, 0) is 32.7 Å². The van der Waals surface area contributed by atoms with Crippen LogP contribution in [0.15, 0.2) is 0 Å². The molecule has 13 heavy (non-hydrogen) atoms. The lowest BCUT2D eigenvalue weighted by Gasteiger charge is -2.23. The quantitative estimate of drug-likeness (QED) is 0.693. The van der Waals surface area contributed by atoms with E-state index in [1.807, 2.05) is 0 Å². The fourth-order valence-corrected chi connectivity index (χ4v) is 2.08. The van der Waals surface area contributed by atoms with Crippen molar-refractivity contribution in [3.8, 4) is 0 Å². The SMILES string of the molecule is CCN(C(=O)C1CCNC1)C1CC1. The molecule has 2 aliphatic rings. The van der Waals surface area contributed by atoms with E-state index in [0.29, 0.717) is 11.9 Å². The first kappa shape index (κ1) is 9.00. The van der Waals surface area contributed by atoms with Crippen molar-refractivity contribution in [1.82, 2.24) is 10.2 Å². The molecule has 0 aromatic rings. The second-order valence-electron chi connectivity index (χ2n) is 4.05. The third-order valence-corrected chi connectivity index (χ3v) is 3.02. The van der Waals surface area contributed by atoms with E-state index in [1.54, 1.807) is 0 Å². The Labute approximate surface area is 79.5 Å². The van der Waals surface area contributed by atoms with Crippen LogP contribution in [-0.2, 0) is 4.79 Å². The highest BCUT2D eigenvalue weighted by molar-refractivity contribution is 5.80. The molecule has 1 amide bonds. The Morgan fingerprint density at radius 2 is 2.23 bits per heavy atom. The van der Waals surface area contributed by atoms with Crippen molar-refractivity contribution < 1.29 is 4.79 Å². The minimum absolute atomic E-state index is 0.264. The molecule has 1 saturated heterocycles. The van der Waals surface area contributed by atoms with Gasteiger partial charge in [0.2, 0.25) is 5.91 Å². The predicted octanol–water partition coefficient (Wildman–Crippen LogP) is 0.607. The minimum atomic E-state index is 0.264. The molecule has 0 radical (unpaired) electrons. The van der Waals surface area contributed by atoms with E-state index in [-0.39, 0.29) is 5.92 Å². The summed E-state index contributed by atoms with van der Waals surface area (Å²) >= 11 is 0. The van der Waals surface area contributed by atoms with Crippen LogP contribution in [0, 0.1) is 5.92 Å². The highest BCUT2D eigenvalue weighted by Gasteiger charge is 2.35. The first-order valence-electron chi connectivity index (χ1n) is 5.34. The van der Waals surface area contributed by atoms with E-state index in [0.717, 1.165) is 26.1 Å². The van der Waals surface area contributed by atoms with Crippen molar-refractivity contribution in [1.29, 1.82) is 0 Å². The molecule has 1 unspecified atom stereocenters. The largest absolute Gasteiger partial charge is 0.340 e. The first-order valence-corrected chi connectivity index (χ1v) is 5.34. The Kier molecular flexibility index (Phi) is 2.54. The Morgan fingerprint density at radius 1 is 1.46 bits per heavy atom. The lowest BCUT2D eigenvalue weighted by molar-refractivity contribution is -0.135. The average molecular weight is 182 g/mol. The molecule has 0 spiro atoms. The van der Waals surface area contributed by atoms with Gasteiger partial charge in [0.25, 0.3) is 0 Å². The summed E-state index contributed by atoms with van der Waals surface area (Å²) in [6.45, 7) is 4.87. The Morgan fingerprint density at radius 3 is 2.69 bits per heavy atom. The van der Waals surface area contributed by atoms with Gasteiger partial charge in [0, 0.05) is 19.1 Å². The van der Waals surface area contributed by atoms with E-state index in [2.05, 4.69) is 17.1 Å². The van der Waals surface area contributed by atoms with Crippen LogP contribution in [0.1, 0.15) is 26.2 Å². The molecule has 74 valence electrons. The highest BCUT2D eigenvalue weighted by atomic mass is 16.2. The van der Waals surface area contributed by atoms with Crippen molar-refractivity contribution in [3.05, 3.63) is 0 Å². The molecular weight excluding hydrogens is 164 g/mol. The molecule has 1 heterocycles. The lowest BCUT2D eigenvalue weighted by Crippen LogP contribution is -2.38. The molecule has 2 fully saturated rings. The van der Waals surface area contributed by atoms with Gasteiger partial charge >= 0.3 is 0 Å². The molecule has 3 heteroatoms. The smallest absolute Gasteiger partial charge is 0.227 e. The number of hydrogen-bond acceptors (Lipinski definition) is 2. The summed E-state index contributed by atoms with van der Waals surface area (Å²) < 4.78 is 0. The van der Waals surface area contributed by atoms with Crippen LogP contribution in [-0.4, -0.2) is 36.5 Å². The summed E-state index contributed by atoms with van der Waals surface area (Å²) in [5.41, 5.74) is 0. The van der Waals surface area contributed by atoms with Crippen LogP contribution in [0.3, 0.4) is 0 Å². The van der Waals surface area contributed by atoms with Gasteiger partial charge < -0.3 is 10.2 Å². The molecule has 0 bridgehead atoms. The monoisotopic (exact) mass is 182 g/mol. The third kappa shape index (κ3) is 1.85. The van der Waals surface area contributed by atoms with Crippen molar-refractivity contribution >= 4 is 5.91 Å². The van der Waals surface area contributed by atoms with Gasteiger partial charge in [-0.25, -0.2) is 0 Å². The Balaban J connectivity index is 1.92. The van der Waals surface area contributed by atoms with Crippen LogP contribution in [0.25, 0.3) is 0 Å². The Hall–Kier alpha value is -0.570. The molecule has 0 aromatic heterocycles. The maximum absolute atomic E-state index is 11.9. The van der Waals surface area contributed by atoms with Gasteiger partial charge in [0.1, 0.15) is 0 Å². The number of carbonyl (C=O) groups is 1. The maximum Gasteiger partial charge on any atom is 0.227 e. The van der Waals surface area contributed by atoms with Crippen LogP contribution < -0.4 is 5.32 Å². The topological polar surface area (TPSA) is 32.3 Å². The maximum atomic E-state index is 11.9. The molecule has 0 aromatic carbocycles. The fraction of sp³-hybridized carbons (Fsp3) is 0.900. The number of amides is 1. The van der Waals surface area contributed by atoms with E-state index < -0.39 is 0 Å². The van der Waals surface area contributed by atoms with Gasteiger partial charge in [0.15, 0.2) is 0 Å². The standard InChI is InChI=1S/C10H18N2O/c1-2-12(9-3-4-9)10(13)8-5-6-11-7-8/h8-9,11H,2-7H2,1H3.